The molecule has 1 aromatic carbocycles. The van der Waals surface area contributed by atoms with Crippen molar-refractivity contribution in [2.75, 3.05) is 17.2 Å². The molecule has 1 aromatic heterocycles. The Morgan fingerprint density at radius 1 is 1.26 bits per heavy atom. The lowest BCUT2D eigenvalue weighted by atomic mass is 9.95. The molecule has 1 aliphatic carbocycles. The predicted octanol–water partition coefficient (Wildman–Crippen LogP) is 5.94. The fourth-order valence-corrected chi connectivity index (χ4v) is 5.27. The van der Waals surface area contributed by atoms with Crippen LogP contribution in [-0.4, -0.2) is 17.7 Å². The quantitative estimate of drug-likeness (QED) is 0.421. The maximum absolute atomic E-state index is 12.6. The predicted molar refractivity (Wildman–Crippen MR) is 120 cm³/mol. The number of nitrogens with one attached hydrogen (secondary N) is 2. The molecule has 0 amide bonds. The van der Waals surface area contributed by atoms with Crippen molar-refractivity contribution in [1.29, 1.82) is 0 Å². The van der Waals surface area contributed by atoms with Crippen molar-refractivity contribution in [3.63, 3.8) is 0 Å². The van der Waals surface area contributed by atoms with Crippen LogP contribution in [0.5, 0.6) is 0 Å². The zero-order valence-corrected chi connectivity index (χ0v) is 18.7. The van der Waals surface area contributed by atoms with E-state index in [0.29, 0.717) is 17.3 Å². The van der Waals surface area contributed by atoms with E-state index in [1.54, 1.807) is 11.3 Å². The van der Waals surface area contributed by atoms with Gasteiger partial charge in [0.05, 0.1) is 12.2 Å². The molecule has 0 fully saturated rings. The van der Waals surface area contributed by atoms with Crippen LogP contribution in [0.25, 0.3) is 0 Å². The smallest absolute Gasteiger partial charge is 0.341 e. The molecule has 0 saturated heterocycles. The monoisotopic (exact) mass is 466 g/mol. The van der Waals surface area contributed by atoms with Crippen molar-refractivity contribution in [2.45, 2.75) is 46.0 Å². The Balaban J connectivity index is 1.83. The molecule has 0 aliphatic heterocycles. The van der Waals surface area contributed by atoms with E-state index in [0.717, 1.165) is 52.8 Å². The summed E-state index contributed by atoms with van der Waals surface area (Å²) in [4.78, 5) is 13.8. The Hall–Kier alpha value is -1.44. The molecule has 144 valence electrons. The molecule has 3 rings (SSSR count). The lowest BCUT2D eigenvalue weighted by Crippen LogP contribution is -2.21. The molecular formula is C20H23BrN2O2S2. The number of hydrogen-bond acceptors (Lipinski definition) is 4. The number of rotatable bonds is 5. The van der Waals surface area contributed by atoms with Gasteiger partial charge in [-0.15, -0.1) is 11.3 Å². The summed E-state index contributed by atoms with van der Waals surface area (Å²) in [6.07, 6.45) is 5.11. The van der Waals surface area contributed by atoms with Gasteiger partial charge in [-0.1, -0.05) is 22.9 Å². The van der Waals surface area contributed by atoms with Gasteiger partial charge in [-0.05, 0) is 80.6 Å². The van der Waals surface area contributed by atoms with Crippen molar-refractivity contribution in [3.8, 4) is 0 Å². The van der Waals surface area contributed by atoms with Crippen molar-refractivity contribution >= 4 is 61.3 Å². The molecule has 0 atom stereocenters. The van der Waals surface area contributed by atoms with E-state index in [1.807, 2.05) is 19.1 Å². The number of thiocarbonyl (C=S) groups is 1. The summed E-state index contributed by atoms with van der Waals surface area (Å²) in [5.41, 5.74) is 3.93. The summed E-state index contributed by atoms with van der Waals surface area (Å²) < 4.78 is 6.34. The minimum Gasteiger partial charge on any atom is -0.462 e. The molecule has 0 bridgehead atoms. The van der Waals surface area contributed by atoms with Gasteiger partial charge < -0.3 is 15.4 Å². The van der Waals surface area contributed by atoms with Crippen LogP contribution in [0.4, 0.5) is 10.7 Å². The van der Waals surface area contributed by atoms with Gasteiger partial charge in [-0.25, -0.2) is 4.79 Å². The Labute approximate surface area is 177 Å². The summed E-state index contributed by atoms with van der Waals surface area (Å²) in [5.74, 6) is -0.264. The average molecular weight is 467 g/mol. The van der Waals surface area contributed by atoms with Crippen molar-refractivity contribution in [1.82, 2.24) is 0 Å². The Kier molecular flexibility index (Phi) is 6.89. The highest BCUT2D eigenvalue weighted by Crippen LogP contribution is 2.38. The first-order valence-electron chi connectivity index (χ1n) is 9.21. The first-order chi connectivity index (χ1) is 13.0. The van der Waals surface area contributed by atoms with E-state index in [1.165, 1.54) is 10.4 Å². The average Bonchev–Trinajstić information content (AvgIpc) is 3.01. The minimum atomic E-state index is -0.264. The molecule has 0 unspecified atom stereocenters. The van der Waals surface area contributed by atoms with E-state index in [-0.39, 0.29) is 5.97 Å². The largest absolute Gasteiger partial charge is 0.462 e. The van der Waals surface area contributed by atoms with E-state index in [9.17, 15) is 4.79 Å². The Bertz CT molecular complexity index is 864. The highest BCUT2D eigenvalue weighted by Gasteiger charge is 2.26. The first-order valence-corrected chi connectivity index (χ1v) is 11.2. The minimum absolute atomic E-state index is 0.264. The van der Waals surface area contributed by atoms with E-state index < -0.39 is 0 Å². The van der Waals surface area contributed by atoms with Gasteiger partial charge in [0, 0.05) is 15.0 Å². The maximum Gasteiger partial charge on any atom is 0.341 e. The number of carbonyl (C=O) groups excluding carboxylic acids is 1. The van der Waals surface area contributed by atoms with Gasteiger partial charge in [0.2, 0.25) is 0 Å². The SMILES string of the molecule is CCOC(=O)c1c(NC(=S)Nc2ccc(Br)cc2CC)sc2c1CCCC2. The van der Waals surface area contributed by atoms with Gasteiger partial charge in [-0.3, -0.25) is 0 Å². The number of aryl methyl sites for hydroxylation is 2. The molecule has 0 saturated carbocycles. The fourth-order valence-electron chi connectivity index (χ4n) is 3.31. The summed E-state index contributed by atoms with van der Waals surface area (Å²) in [6, 6.07) is 6.07. The molecule has 7 heteroatoms. The number of benzene rings is 1. The van der Waals surface area contributed by atoms with Gasteiger partial charge in [-0.2, -0.15) is 0 Å². The second kappa shape index (κ2) is 9.17. The zero-order chi connectivity index (χ0) is 19.4. The normalized spacial score (nSPS) is 13.0. The standard InChI is InChI=1S/C20H23BrN2O2S2/c1-3-12-11-13(21)9-10-15(12)22-20(26)23-18-17(19(24)25-4-2)14-7-5-6-8-16(14)27-18/h9-11H,3-8H2,1-2H3,(H2,22,23,26). The molecule has 1 aliphatic rings. The van der Waals surface area contributed by atoms with E-state index >= 15 is 0 Å². The lowest BCUT2D eigenvalue weighted by molar-refractivity contribution is 0.0526. The van der Waals surface area contributed by atoms with Crippen molar-refractivity contribution in [3.05, 3.63) is 44.2 Å². The molecule has 27 heavy (non-hydrogen) atoms. The summed E-state index contributed by atoms with van der Waals surface area (Å²) >= 11 is 10.7. The van der Waals surface area contributed by atoms with Crippen LogP contribution in [0, 0.1) is 0 Å². The number of esters is 1. The van der Waals surface area contributed by atoms with Gasteiger partial charge in [0.1, 0.15) is 5.00 Å². The Morgan fingerprint density at radius 2 is 2.04 bits per heavy atom. The number of halogens is 1. The number of hydrogen-bond donors (Lipinski definition) is 2. The topological polar surface area (TPSA) is 50.4 Å². The highest BCUT2D eigenvalue weighted by molar-refractivity contribution is 9.10. The molecular weight excluding hydrogens is 444 g/mol. The fraction of sp³-hybridized carbons (Fsp3) is 0.400. The first kappa shape index (κ1) is 20.3. The molecule has 2 aromatic rings. The van der Waals surface area contributed by atoms with Crippen LogP contribution in [0.15, 0.2) is 22.7 Å². The van der Waals surface area contributed by atoms with Gasteiger partial charge in [0.25, 0.3) is 0 Å². The maximum atomic E-state index is 12.6. The van der Waals surface area contributed by atoms with Crippen LogP contribution in [-0.2, 0) is 24.0 Å². The van der Waals surface area contributed by atoms with Crippen molar-refractivity contribution in [2.24, 2.45) is 0 Å². The molecule has 1 heterocycles. The highest BCUT2D eigenvalue weighted by atomic mass is 79.9. The lowest BCUT2D eigenvalue weighted by Gasteiger charge is -2.14. The van der Waals surface area contributed by atoms with Gasteiger partial charge in [0.15, 0.2) is 5.11 Å². The number of thiophene rings is 1. The third-order valence-corrected chi connectivity index (χ3v) is 6.48. The third-order valence-electron chi connectivity index (χ3n) is 4.57. The zero-order valence-electron chi connectivity index (χ0n) is 15.5. The summed E-state index contributed by atoms with van der Waals surface area (Å²) in [6.45, 7) is 4.30. The van der Waals surface area contributed by atoms with Crippen molar-refractivity contribution < 1.29 is 9.53 Å². The number of anilines is 2. The Morgan fingerprint density at radius 3 is 2.78 bits per heavy atom. The molecule has 0 spiro atoms. The van der Waals surface area contributed by atoms with Crippen LogP contribution in [0.2, 0.25) is 0 Å². The second-order valence-corrected chi connectivity index (χ2v) is 8.80. The molecule has 2 N–H and O–H groups in total. The third kappa shape index (κ3) is 4.70. The van der Waals surface area contributed by atoms with Crippen LogP contribution < -0.4 is 10.6 Å². The number of ether oxygens (including phenoxy) is 1. The number of carbonyl (C=O) groups is 1. The summed E-state index contributed by atoms with van der Waals surface area (Å²) in [5, 5.41) is 7.79. The van der Waals surface area contributed by atoms with Crippen LogP contribution >= 0.6 is 39.5 Å². The van der Waals surface area contributed by atoms with Crippen LogP contribution in [0.3, 0.4) is 0 Å². The van der Waals surface area contributed by atoms with Crippen LogP contribution in [0.1, 0.15) is 53.1 Å². The van der Waals surface area contributed by atoms with E-state index in [2.05, 4.69) is 39.6 Å². The second-order valence-electron chi connectivity index (χ2n) is 6.37. The molecule has 4 nitrogen and oxygen atoms in total. The van der Waals surface area contributed by atoms with E-state index in [4.69, 9.17) is 17.0 Å². The number of fused-ring (bicyclic) bond motifs is 1. The van der Waals surface area contributed by atoms with Gasteiger partial charge >= 0.3 is 5.97 Å². The summed E-state index contributed by atoms with van der Waals surface area (Å²) in [7, 11) is 0. The molecule has 0 radical (unpaired) electrons.